The minimum Gasteiger partial charge on any atom is -0.497 e. The number of hydrogen-bond acceptors (Lipinski definition) is 3. The summed E-state index contributed by atoms with van der Waals surface area (Å²) in [7, 11) is 1.65. The average molecular weight is 327 g/mol. The number of nitrogens with one attached hydrogen (secondary N) is 1. The van der Waals surface area contributed by atoms with Crippen LogP contribution in [-0.2, 0) is 4.79 Å². The van der Waals surface area contributed by atoms with Crippen molar-refractivity contribution in [1.29, 1.82) is 0 Å². The van der Waals surface area contributed by atoms with E-state index in [0.29, 0.717) is 12.5 Å². The van der Waals surface area contributed by atoms with Gasteiger partial charge < -0.3 is 15.2 Å². The van der Waals surface area contributed by atoms with Crippen LogP contribution in [0, 0.1) is 0 Å². The van der Waals surface area contributed by atoms with Gasteiger partial charge in [-0.1, -0.05) is 49.4 Å². The van der Waals surface area contributed by atoms with Gasteiger partial charge in [-0.05, 0) is 35.6 Å². The highest BCUT2D eigenvalue weighted by atomic mass is 16.5. The number of ether oxygens (including phenoxy) is 1. The molecule has 4 nitrogen and oxygen atoms in total. The van der Waals surface area contributed by atoms with E-state index in [-0.39, 0.29) is 12.3 Å². The summed E-state index contributed by atoms with van der Waals surface area (Å²) in [6.07, 6.45) is 0.172. The summed E-state index contributed by atoms with van der Waals surface area (Å²) in [5, 5.41) is 12.9. The van der Waals surface area contributed by atoms with Crippen LogP contribution >= 0.6 is 0 Å². The molecule has 0 aliphatic heterocycles. The molecule has 0 saturated heterocycles. The van der Waals surface area contributed by atoms with Crippen molar-refractivity contribution >= 4 is 5.91 Å². The van der Waals surface area contributed by atoms with Gasteiger partial charge in [-0.25, -0.2) is 0 Å². The third-order valence-electron chi connectivity index (χ3n) is 4.15. The molecule has 0 aliphatic carbocycles. The number of methoxy groups -OCH3 is 1. The van der Waals surface area contributed by atoms with Crippen molar-refractivity contribution in [2.75, 3.05) is 13.7 Å². The molecule has 4 heteroatoms. The zero-order chi connectivity index (χ0) is 17.4. The van der Waals surface area contributed by atoms with Crippen LogP contribution in [0.4, 0.5) is 0 Å². The highest BCUT2D eigenvalue weighted by Gasteiger charge is 2.13. The smallest absolute Gasteiger partial charge is 0.222 e. The number of carbonyl (C=O) groups excluding carboxylic acids is 1. The van der Waals surface area contributed by atoms with Crippen molar-refractivity contribution in [3.63, 3.8) is 0 Å². The predicted octanol–water partition coefficient (Wildman–Crippen LogP) is 3.43. The van der Waals surface area contributed by atoms with Gasteiger partial charge in [0.05, 0.1) is 19.6 Å². The van der Waals surface area contributed by atoms with E-state index >= 15 is 0 Å². The van der Waals surface area contributed by atoms with E-state index in [9.17, 15) is 9.90 Å². The van der Waals surface area contributed by atoms with Crippen molar-refractivity contribution in [2.45, 2.75) is 31.8 Å². The van der Waals surface area contributed by atoms with Gasteiger partial charge in [0, 0.05) is 6.54 Å². The molecular weight excluding hydrogens is 302 g/mol. The fourth-order valence-electron chi connectivity index (χ4n) is 2.57. The van der Waals surface area contributed by atoms with Gasteiger partial charge in [0.2, 0.25) is 5.91 Å². The second kappa shape index (κ2) is 9.08. The quantitative estimate of drug-likeness (QED) is 0.781. The molecule has 0 aliphatic rings. The lowest BCUT2D eigenvalue weighted by atomic mass is 9.98. The summed E-state index contributed by atoms with van der Waals surface area (Å²) >= 11 is 0. The highest BCUT2D eigenvalue weighted by molar-refractivity contribution is 5.76. The van der Waals surface area contributed by atoms with Crippen LogP contribution in [-0.4, -0.2) is 24.7 Å². The molecule has 0 saturated carbocycles. The Morgan fingerprint density at radius 1 is 1.08 bits per heavy atom. The monoisotopic (exact) mass is 327 g/mol. The fraction of sp³-hybridized carbons (Fsp3) is 0.350. The maximum absolute atomic E-state index is 11.9. The Morgan fingerprint density at radius 2 is 1.75 bits per heavy atom. The zero-order valence-electron chi connectivity index (χ0n) is 14.2. The molecule has 128 valence electrons. The first kappa shape index (κ1) is 18.0. The number of rotatable bonds is 8. The summed E-state index contributed by atoms with van der Waals surface area (Å²) in [4.78, 5) is 11.9. The van der Waals surface area contributed by atoms with Crippen LogP contribution in [0.2, 0.25) is 0 Å². The number of aliphatic hydroxyl groups is 1. The van der Waals surface area contributed by atoms with E-state index in [1.54, 1.807) is 7.11 Å². The summed E-state index contributed by atoms with van der Waals surface area (Å²) in [6.45, 7) is 2.72. The molecule has 2 atom stereocenters. The Morgan fingerprint density at radius 3 is 2.38 bits per heavy atom. The van der Waals surface area contributed by atoms with Gasteiger partial charge >= 0.3 is 0 Å². The van der Waals surface area contributed by atoms with Gasteiger partial charge in [-0.2, -0.15) is 0 Å². The number of carbonyl (C=O) groups is 1. The predicted molar refractivity (Wildman–Crippen MR) is 95.1 cm³/mol. The first-order valence-electron chi connectivity index (χ1n) is 8.24. The first-order chi connectivity index (χ1) is 11.6. The SMILES string of the molecule is COc1ccc(C(C)CCNC(=O)CC(O)c2ccccc2)cc1. The summed E-state index contributed by atoms with van der Waals surface area (Å²) < 4.78 is 5.15. The molecule has 2 unspecified atom stereocenters. The summed E-state index contributed by atoms with van der Waals surface area (Å²) in [6, 6.07) is 17.2. The molecule has 0 radical (unpaired) electrons. The maximum Gasteiger partial charge on any atom is 0.222 e. The van der Waals surface area contributed by atoms with Crippen LogP contribution in [0.5, 0.6) is 5.75 Å². The molecule has 2 rings (SSSR count). The highest BCUT2D eigenvalue weighted by Crippen LogP contribution is 2.21. The Balaban J connectivity index is 1.73. The zero-order valence-corrected chi connectivity index (χ0v) is 14.2. The minimum absolute atomic E-state index is 0.0843. The van der Waals surface area contributed by atoms with Crippen molar-refractivity contribution in [1.82, 2.24) is 5.32 Å². The lowest BCUT2D eigenvalue weighted by molar-refractivity contribution is -0.123. The number of benzene rings is 2. The molecule has 24 heavy (non-hydrogen) atoms. The van der Waals surface area contributed by atoms with Gasteiger partial charge in [0.25, 0.3) is 0 Å². The lowest BCUT2D eigenvalue weighted by Gasteiger charge is -2.14. The Kier molecular flexibility index (Phi) is 6.82. The Hall–Kier alpha value is -2.33. The van der Waals surface area contributed by atoms with Crippen LogP contribution in [0.25, 0.3) is 0 Å². The normalized spacial score (nSPS) is 13.1. The van der Waals surface area contributed by atoms with E-state index < -0.39 is 6.10 Å². The number of aliphatic hydroxyl groups excluding tert-OH is 1. The number of amides is 1. The van der Waals surface area contributed by atoms with Crippen molar-refractivity contribution in [3.8, 4) is 5.75 Å². The van der Waals surface area contributed by atoms with Crippen molar-refractivity contribution in [2.24, 2.45) is 0 Å². The molecule has 2 aromatic carbocycles. The molecule has 2 aromatic rings. The van der Waals surface area contributed by atoms with Gasteiger partial charge in [0.15, 0.2) is 0 Å². The third-order valence-corrected chi connectivity index (χ3v) is 4.15. The Bertz CT molecular complexity index is 625. The summed E-state index contributed by atoms with van der Waals surface area (Å²) in [5.74, 6) is 1.05. The molecule has 1 amide bonds. The standard InChI is InChI=1S/C20H25NO3/c1-15(16-8-10-18(24-2)11-9-16)12-13-21-20(23)14-19(22)17-6-4-3-5-7-17/h3-11,15,19,22H,12-14H2,1-2H3,(H,21,23). The van der Waals surface area contributed by atoms with Crippen LogP contribution in [0.3, 0.4) is 0 Å². The first-order valence-corrected chi connectivity index (χ1v) is 8.24. The second-order valence-corrected chi connectivity index (χ2v) is 5.94. The van der Waals surface area contributed by atoms with Crippen molar-refractivity contribution in [3.05, 3.63) is 65.7 Å². The van der Waals surface area contributed by atoms with Gasteiger partial charge in [0.1, 0.15) is 5.75 Å². The molecule has 0 aromatic heterocycles. The second-order valence-electron chi connectivity index (χ2n) is 5.94. The van der Waals surface area contributed by atoms with E-state index in [4.69, 9.17) is 4.74 Å². The van der Waals surface area contributed by atoms with Crippen molar-refractivity contribution < 1.29 is 14.6 Å². The third kappa shape index (κ3) is 5.39. The maximum atomic E-state index is 11.9. The molecule has 0 fully saturated rings. The van der Waals surface area contributed by atoms with Crippen LogP contribution in [0.1, 0.15) is 42.9 Å². The molecule has 2 N–H and O–H groups in total. The van der Waals surface area contributed by atoms with Gasteiger partial charge in [-0.15, -0.1) is 0 Å². The summed E-state index contributed by atoms with van der Waals surface area (Å²) in [5.41, 5.74) is 1.98. The molecular formula is C20H25NO3. The lowest BCUT2D eigenvalue weighted by Crippen LogP contribution is -2.26. The molecule has 0 spiro atoms. The molecule has 0 bridgehead atoms. The van der Waals surface area contributed by atoms with E-state index in [1.807, 2.05) is 54.6 Å². The largest absolute Gasteiger partial charge is 0.497 e. The van der Waals surface area contributed by atoms with E-state index in [2.05, 4.69) is 12.2 Å². The average Bonchev–Trinajstić information content (AvgIpc) is 2.62. The van der Waals surface area contributed by atoms with Crippen LogP contribution < -0.4 is 10.1 Å². The molecule has 0 heterocycles. The fourth-order valence-corrected chi connectivity index (χ4v) is 2.57. The minimum atomic E-state index is -0.759. The van der Waals surface area contributed by atoms with Crippen LogP contribution in [0.15, 0.2) is 54.6 Å². The Labute approximate surface area is 143 Å². The topological polar surface area (TPSA) is 58.6 Å². The van der Waals surface area contributed by atoms with Gasteiger partial charge in [-0.3, -0.25) is 4.79 Å². The van der Waals surface area contributed by atoms with E-state index in [1.165, 1.54) is 5.56 Å². The van der Waals surface area contributed by atoms with E-state index in [0.717, 1.165) is 17.7 Å². The number of hydrogen-bond donors (Lipinski definition) is 2.